The van der Waals surface area contributed by atoms with Gasteiger partial charge in [-0.05, 0) is 35.7 Å². The molecule has 1 heterocycles. The fourth-order valence-corrected chi connectivity index (χ4v) is 4.14. The first kappa shape index (κ1) is 20.9. The van der Waals surface area contributed by atoms with E-state index in [2.05, 4.69) is 9.71 Å². The van der Waals surface area contributed by atoms with E-state index < -0.39 is 5.97 Å². The second kappa shape index (κ2) is 10.1. The highest BCUT2D eigenvalue weighted by Gasteiger charge is 2.10. The van der Waals surface area contributed by atoms with Gasteiger partial charge < -0.3 is 19.3 Å². The van der Waals surface area contributed by atoms with Gasteiger partial charge in [0.25, 0.3) is 0 Å². The zero-order valence-electron chi connectivity index (χ0n) is 15.9. The Morgan fingerprint density at radius 1 is 1.24 bits per heavy atom. The largest absolute Gasteiger partial charge is 0.495 e. The standard InChI is InChI=1S/C21H20N2O4S2/c1-26-11-3-4-14-5-7-15(8-6-14)20-22-13-19(28-20)29-23-17-10-9-16(21(24)25)12-18(17)27-2/h3-10,12-13,23H,11H2,1-2H3,(H,24,25)/b4-3+. The van der Waals surface area contributed by atoms with E-state index in [9.17, 15) is 4.79 Å². The topological polar surface area (TPSA) is 80.7 Å². The lowest BCUT2D eigenvalue weighted by atomic mass is 10.1. The quantitative estimate of drug-likeness (QED) is 0.448. The maximum absolute atomic E-state index is 11.1. The number of nitrogens with zero attached hydrogens (tertiary/aromatic N) is 1. The van der Waals surface area contributed by atoms with Crippen molar-refractivity contribution in [2.24, 2.45) is 0 Å². The molecule has 0 aliphatic rings. The number of rotatable bonds is 9. The predicted molar refractivity (Wildman–Crippen MR) is 118 cm³/mol. The summed E-state index contributed by atoms with van der Waals surface area (Å²) in [4.78, 5) is 15.6. The fraction of sp³-hybridized carbons (Fsp3) is 0.143. The Hall–Kier alpha value is -2.81. The monoisotopic (exact) mass is 428 g/mol. The number of carboxylic acid groups (broad SMARTS) is 1. The number of hydrogen-bond acceptors (Lipinski definition) is 7. The van der Waals surface area contributed by atoms with Crippen molar-refractivity contribution in [1.29, 1.82) is 0 Å². The van der Waals surface area contributed by atoms with Crippen molar-refractivity contribution in [2.45, 2.75) is 4.21 Å². The summed E-state index contributed by atoms with van der Waals surface area (Å²) in [6.45, 7) is 0.589. The van der Waals surface area contributed by atoms with E-state index in [0.29, 0.717) is 18.0 Å². The molecule has 0 saturated carbocycles. The van der Waals surface area contributed by atoms with Crippen molar-refractivity contribution >= 4 is 41.0 Å². The molecule has 0 spiro atoms. The number of methoxy groups -OCH3 is 2. The number of benzene rings is 2. The first-order valence-corrected chi connectivity index (χ1v) is 10.3. The predicted octanol–water partition coefficient (Wildman–Crippen LogP) is 5.30. The van der Waals surface area contributed by atoms with Crippen LogP contribution in [0.5, 0.6) is 5.75 Å². The van der Waals surface area contributed by atoms with E-state index in [1.807, 2.05) is 42.6 Å². The van der Waals surface area contributed by atoms with Crippen LogP contribution in [0.3, 0.4) is 0 Å². The third kappa shape index (κ3) is 5.60. The minimum absolute atomic E-state index is 0.179. The number of nitrogens with one attached hydrogen (secondary N) is 1. The number of thiazole rings is 1. The molecule has 0 amide bonds. The van der Waals surface area contributed by atoms with Crippen LogP contribution in [0.4, 0.5) is 5.69 Å². The van der Waals surface area contributed by atoms with Gasteiger partial charge in [0, 0.05) is 12.7 Å². The Morgan fingerprint density at radius 2 is 2.03 bits per heavy atom. The molecule has 150 valence electrons. The molecule has 6 nitrogen and oxygen atoms in total. The Kier molecular flexibility index (Phi) is 7.29. The lowest BCUT2D eigenvalue weighted by molar-refractivity contribution is 0.0696. The van der Waals surface area contributed by atoms with Crippen LogP contribution in [0.25, 0.3) is 16.6 Å². The van der Waals surface area contributed by atoms with Gasteiger partial charge >= 0.3 is 5.97 Å². The zero-order valence-corrected chi connectivity index (χ0v) is 17.5. The molecule has 3 aromatic rings. The number of anilines is 1. The molecule has 0 aliphatic heterocycles. The molecule has 0 unspecified atom stereocenters. The van der Waals surface area contributed by atoms with Crippen LogP contribution < -0.4 is 9.46 Å². The number of carbonyl (C=O) groups is 1. The molecule has 1 aromatic heterocycles. The van der Waals surface area contributed by atoms with Crippen LogP contribution in [0.2, 0.25) is 0 Å². The van der Waals surface area contributed by atoms with Gasteiger partial charge in [0.2, 0.25) is 0 Å². The number of ether oxygens (including phenoxy) is 2. The molecule has 3 rings (SSSR count). The van der Waals surface area contributed by atoms with E-state index in [1.165, 1.54) is 31.2 Å². The summed E-state index contributed by atoms with van der Waals surface area (Å²) in [5.74, 6) is -0.519. The van der Waals surface area contributed by atoms with Crippen molar-refractivity contribution in [3.8, 4) is 16.3 Å². The van der Waals surface area contributed by atoms with Crippen molar-refractivity contribution < 1.29 is 19.4 Å². The molecular formula is C21H20N2O4S2. The first-order chi connectivity index (χ1) is 14.1. The van der Waals surface area contributed by atoms with Crippen molar-refractivity contribution in [3.63, 3.8) is 0 Å². The van der Waals surface area contributed by atoms with Gasteiger partial charge in [0.05, 0.1) is 31.2 Å². The van der Waals surface area contributed by atoms with Crippen LogP contribution in [-0.2, 0) is 4.74 Å². The van der Waals surface area contributed by atoms with Crippen LogP contribution in [0, 0.1) is 0 Å². The summed E-state index contributed by atoms with van der Waals surface area (Å²) in [5.41, 5.74) is 3.03. The number of aromatic carboxylic acids is 1. The summed E-state index contributed by atoms with van der Waals surface area (Å²) in [6, 6.07) is 12.9. The van der Waals surface area contributed by atoms with E-state index in [-0.39, 0.29) is 5.56 Å². The van der Waals surface area contributed by atoms with Gasteiger partial charge in [0.15, 0.2) is 0 Å². The van der Waals surface area contributed by atoms with Gasteiger partial charge in [-0.2, -0.15) is 0 Å². The maximum atomic E-state index is 11.1. The van der Waals surface area contributed by atoms with Gasteiger partial charge in [-0.3, -0.25) is 0 Å². The Labute approximate surface area is 177 Å². The number of hydrogen-bond donors (Lipinski definition) is 2. The second-order valence-corrected chi connectivity index (χ2v) is 8.03. The Morgan fingerprint density at radius 3 is 2.72 bits per heavy atom. The van der Waals surface area contributed by atoms with Gasteiger partial charge in [0.1, 0.15) is 15.0 Å². The molecule has 0 saturated heterocycles. The fourth-order valence-electron chi connectivity index (χ4n) is 2.47. The average Bonchev–Trinajstić information content (AvgIpc) is 3.21. The Balaban J connectivity index is 1.66. The van der Waals surface area contributed by atoms with Gasteiger partial charge in [-0.15, -0.1) is 11.3 Å². The summed E-state index contributed by atoms with van der Waals surface area (Å²) < 4.78 is 14.5. The van der Waals surface area contributed by atoms with Crippen LogP contribution in [-0.4, -0.2) is 36.9 Å². The zero-order chi connectivity index (χ0) is 20.6. The molecule has 2 aromatic carbocycles. The smallest absolute Gasteiger partial charge is 0.335 e. The van der Waals surface area contributed by atoms with Gasteiger partial charge in [-0.25, -0.2) is 9.78 Å². The lowest BCUT2D eigenvalue weighted by Gasteiger charge is -2.10. The third-order valence-corrected chi connectivity index (χ3v) is 5.89. The second-order valence-electron chi connectivity index (χ2n) is 5.89. The van der Waals surface area contributed by atoms with E-state index in [1.54, 1.807) is 24.5 Å². The van der Waals surface area contributed by atoms with Crippen molar-refractivity contribution in [3.05, 3.63) is 65.9 Å². The van der Waals surface area contributed by atoms with Crippen molar-refractivity contribution in [1.82, 2.24) is 4.98 Å². The van der Waals surface area contributed by atoms with E-state index >= 15 is 0 Å². The van der Waals surface area contributed by atoms with Crippen LogP contribution in [0.1, 0.15) is 15.9 Å². The van der Waals surface area contributed by atoms with Gasteiger partial charge in [-0.1, -0.05) is 36.4 Å². The maximum Gasteiger partial charge on any atom is 0.335 e. The molecule has 29 heavy (non-hydrogen) atoms. The molecule has 0 fully saturated rings. The molecular weight excluding hydrogens is 408 g/mol. The molecule has 0 radical (unpaired) electrons. The molecule has 8 heteroatoms. The van der Waals surface area contributed by atoms with Crippen molar-refractivity contribution in [2.75, 3.05) is 25.5 Å². The Bertz CT molecular complexity index is 1000. The number of aromatic nitrogens is 1. The van der Waals surface area contributed by atoms with E-state index in [0.717, 1.165) is 20.3 Å². The summed E-state index contributed by atoms with van der Waals surface area (Å²) in [6.07, 6.45) is 5.79. The lowest BCUT2D eigenvalue weighted by Crippen LogP contribution is -1.99. The normalized spacial score (nSPS) is 11.0. The highest BCUT2D eigenvalue weighted by Crippen LogP contribution is 2.35. The summed E-state index contributed by atoms with van der Waals surface area (Å²) in [5, 5.41) is 10.0. The molecule has 0 bridgehead atoms. The number of carboxylic acids is 1. The molecule has 0 aliphatic carbocycles. The van der Waals surface area contributed by atoms with E-state index in [4.69, 9.17) is 14.6 Å². The van der Waals surface area contributed by atoms with Crippen LogP contribution in [0.15, 0.2) is 58.9 Å². The molecule has 2 N–H and O–H groups in total. The third-order valence-electron chi connectivity index (χ3n) is 3.93. The highest BCUT2D eigenvalue weighted by molar-refractivity contribution is 8.02. The minimum Gasteiger partial charge on any atom is -0.495 e. The average molecular weight is 429 g/mol. The highest BCUT2D eigenvalue weighted by atomic mass is 32.2. The SMILES string of the molecule is COC/C=C/c1ccc(-c2ncc(SNc3ccc(C(=O)O)cc3OC)s2)cc1. The van der Waals surface area contributed by atoms with Crippen LogP contribution >= 0.6 is 23.3 Å². The summed E-state index contributed by atoms with van der Waals surface area (Å²) in [7, 11) is 3.18. The minimum atomic E-state index is -0.991. The summed E-state index contributed by atoms with van der Waals surface area (Å²) >= 11 is 2.97. The molecule has 0 atom stereocenters. The first-order valence-electron chi connectivity index (χ1n) is 8.66.